The first kappa shape index (κ1) is 12.2. The maximum atomic E-state index is 3.88. The van der Waals surface area contributed by atoms with E-state index < -0.39 is 0 Å². The number of halogens is 1. The summed E-state index contributed by atoms with van der Waals surface area (Å²) in [5.41, 5.74) is 4.51. The van der Waals surface area contributed by atoms with Crippen LogP contribution < -0.4 is 0 Å². The van der Waals surface area contributed by atoms with Crippen molar-refractivity contribution in [2.45, 2.75) is 50.8 Å². The van der Waals surface area contributed by atoms with Crippen LogP contribution in [0.4, 0.5) is 0 Å². The molecule has 1 fully saturated rings. The number of aryl methyl sites for hydroxylation is 2. The van der Waals surface area contributed by atoms with Crippen LogP contribution in [0.2, 0.25) is 0 Å². The fourth-order valence-electron chi connectivity index (χ4n) is 2.25. The van der Waals surface area contributed by atoms with Crippen LogP contribution in [0, 0.1) is 5.92 Å². The third-order valence-corrected chi connectivity index (χ3v) is 4.44. The summed E-state index contributed by atoms with van der Waals surface area (Å²) in [6, 6.07) is 7.00. The SMILES string of the molecule is CCc1ccc(CC)c(C(Br)CC2CC2)c1. The summed E-state index contributed by atoms with van der Waals surface area (Å²) in [5, 5.41) is 0. The molecule has 0 aromatic heterocycles. The Morgan fingerprint density at radius 1 is 1.25 bits per heavy atom. The van der Waals surface area contributed by atoms with Gasteiger partial charge in [0.2, 0.25) is 0 Å². The van der Waals surface area contributed by atoms with Crippen molar-refractivity contribution >= 4 is 15.9 Å². The maximum Gasteiger partial charge on any atom is 0.0400 e. The van der Waals surface area contributed by atoms with E-state index in [4.69, 9.17) is 0 Å². The summed E-state index contributed by atoms with van der Waals surface area (Å²) in [5.74, 6) is 0.986. The smallest absolute Gasteiger partial charge is 0.0400 e. The molecular formula is C15H21Br. The summed E-state index contributed by atoms with van der Waals surface area (Å²) < 4.78 is 0. The monoisotopic (exact) mass is 280 g/mol. The molecule has 88 valence electrons. The molecule has 1 saturated carbocycles. The van der Waals surface area contributed by atoms with Crippen LogP contribution in [0.1, 0.15) is 54.6 Å². The Bertz CT molecular complexity index is 352. The normalized spacial score (nSPS) is 17.4. The summed E-state index contributed by atoms with van der Waals surface area (Å²) in [4.78, 5) is 0.571. The molecule has 2 rings (SSSR count). The van der Waals surface area contributed by atoms with Crippen LogP contribution in [0.25, 0.3) is 0 Å². The highest BCUT2D eigenvalue weighted by Gasteiger charge is 2.25. The zero-order valence-corrected chi connectivity index (χ0v) is 11.9. The lowest BCUT2D eigenvalue weighted by Gasteiger charge is -2.15. The van der Waals surface area contributed by atoms with Crippen molar-refractivity contribution < 1.29 is 0 Å². The zero-order valence-electron chi connectivity index (χ0n) is 10.3. The molecule has 1 aromatic carbocycles. The van der Waals surface area contributed by atoms with Gasteiger partial charge in [-0.15, -0.1) is 0 Å². The van der Waals surface area contributed by atoms with Crippen molar-refractivity contribution in [2.24, 2.45) is 5.92 Å². The third-order valence-electron chi connectivity index (χ3n) is 3.57. The topological polar surface area (TPSA) is 0 Å². The average molecular weight is 281 g/mol. The molecular weight excluding hydrogens is 260 g/mol. The van der Waals surface area contributed by atoms with Crippen molar-refractivity contribution in [2.75, 3.05) is 0 Å². The van der Waals surface area contributed by atoms with Crippen molar-refractivity contribution in [3.8, 4) is 0 Å². The van der Waals surface area contributed by atoms with Gasteiger partial charge >= 0.3 is 0 Å². The molecule has 16 heavy (non-hydrogen) atoms. The lowest BCUT2D eigenvalue weighted by Crippen LogP contribution is -1.99. The van der Waals surface area contributed by atoms with E-state index in [1.165, 1.54) is 36.0 Å². The van der Waals surface area contributed by atoms with Gasteiger partial charge in [-0.25, -0.2) is 0 Å². The molecule has 1 atom stereocenters. The van der Waals surface area contributed by atoms with Gasteiger partial charge in [0.15, 0.2) is 0 Å². The first-order valence-corrected chi connectivity index (χ1v) is 7.41. The Balaban J connectivity index is 2.20. The molecule has 0 saturated heterocycles. The Labute approximate surface area is 108 Å². The van der Waals surface area contributed by atoms with Gasteiger partial charge in [-0.05, 0) is 41.9 Å². The fourth-order valence-corrected chi connectivity index (χ4v) is 3.21. The number of benzene rings is 1. The Kier molecular flexibility index (Phi) is 4.07. The Morgan fingerprint density at radius 3 is 2.56 bits per heavy atom. The highest BCUT2D eigenvalue weighted by atomic mass is 79.9. The van der Waals surface area contributed by atoms with E-state index in [9.17, 15) is 0 Å². The van der Waals surface area contributed by atoms with Gasteiger partial charge in [0.25, 0.3) is 0 Å². The van der Waals surface area contributed by atoms with E-state index in [1.807, 2.05) is 0 Å². The average Bonchev–Trinajstić information content (AvgIpc) is 3.12. The van der Waals surface area contributed by atoms with E-state index in [1.54, 1.807) is 0 Å². The second-order valence-corrected chi connectivity index (χ2v) is 5.99. The molecule has 1 aromatic rings. The van der Waals surface area contributed by atoms with Crippen LogP contribution in [-0.4, -0.2) is 0 Å². The standard InChI is InChI=1S/C15H21Br/c1-3-11-7-8-13(4-2)14(9-11)15(16)10-12-5-6-12/h7-9,12,15H,3-6,10H2,1-2H3. The molecule has 0 N–H and O–H groups in total. The molecule has 0 heterocycles. The predicted octanol–water partition coefficient (Wildman–Crippen LogP) is 5.05. The van der Waals surface area contributed by atoms with Gasteiger partial charge in [-0.1, -0.05) is 60.8 Å². The highest BCUT2D eigenvalue weighted by Crippen LogP contribution is 2.42. The maximum absolute atomic E-state index is 3.88. The summed E-state index contributed by atoms with van der Waals surface area (Å²) >= 11 is 3.88. The van der Waals surface area contributed by atoms with Gasteiger partial charge in [-0.3, -0.25) is 0 Å². The minimum absolute atomic E-state index is 0.571. The first-order valence-electron chi connectivity index (χ1n) is 6.50. The molecule has 0 radical (unpaired) electrons. The second kappa shape index (κ2) is 5.35. The molecule has 0 spiro atoms. The van der Waals surface area contributed by atoms with Gasteiger partial charge in [0.05, 0.1) is 0 Å². The number of hydrogen-bond donors (Lipinski definition) is 0. The molecule has 0 amide bonds. The highest BCUT2D eigenvalue weighted by molar-refractivity contribution is 9.09. The van der Waals surface area contributed by atoms with Crippen LogP contribution in [-0.2, 0) is 12.8 Å². The van der Waals surface area contributed by atoms with Crippen molar-refractivity contribution in [1.82, 2.24) is 0 Å². The fraction of sp³-hybridized carbons (Fsp3) is 0.600. The molecule has 1 unspecified atom stereocenters. The summed E-state index contributed by atoms with van der Waals surface area (Å²) in [6.07, 6.45) is 6.49. The van der Waals surface area contributed by atoms with Crippen molar-refractivity contribution in [1.29, 1.82) is 0 Å². The largest absolute Gasteiger partial charge is 0.0839 e. The molecule has 0 nitrogen and oxygen atoms in total. The van der Waals surface area contributed by atoms with Gasteiger partial charge in [-0.2, -0.15) is 0 Å². The van der Waals surface area contributed by atoms with E-state index in [2.05, 4.69) is 48.0 Å². The van der Waals surface area contributed by atoms with Crippen LogP contribution in [0.15, 0.2) is 18.2 Å². The minimum Gasteiger partial charge on any atom is -0.0839 e. The van der Waals surface area contributed by atoms with E-state index in [-0.39, 0.29) is 0 Å². The molecule has 0 aliphatic heterocycles. The quantitative estimate of drug-likeness (QED) is 0.663. The predicted molar refractivity (Wildman–Crippen MR) is 74.2 cm³/mol. The van der Waals surface area contributed by atoms with E-state index >= 15 is 0 Å². The lowest BCUT2D eigenvalue weighted by atomic mass is 9.96. The lowest BCUT2D eigenvalue weighted by molar-refractivity contribution is 0.715. The van der Waals surface area contributed by atoms with E-state index in [0.29, 0.717) is 4.83 Å². The van der Waals surface area contributed by atoms with Crippen LogP contribution >= 0.6 is 15.9 Å². The molecule has 1 heteroatoms. The van der Waals surface area contributed by atoms with Crippen molar-refractivity contribution in [3.63, 3.8) is 0 Å². The molecule has 0 bridgehead atoms. The van der Waals surface area contributed by atoms with Crippen LogP contribution in [0.5, 0.6) is 0 Å². The minimum atomic E-state index is 0.571. The zero-order chi connectivity index (χ0) is 11.5. The summed E-state index contributed by atoms with van der Waals surface area (Å²) in [6.45, 7) is 4.48. The number of alkyl halides is 1. The Hall–Kier alpha value is -0.300. The first-order chi connectivity index (χ1) is 7.74. The second-order valence-electron chi connectivity index (χ2n) is 4.89. The Morgan fingerprint density at radius 2 is 2.00 bits per heavy atom. The number of hydrogen-bond acceptors (Lipinski definition) is 0. The van der Waals surface area contributed by atoms with E-state index in [0.717, 1.165) is 18.8 Å². The van der Waals surface area contributed by atoms with Gasteiger partial charge in [0.1, 0.15) is 0 Å². The molecule has 1 aliphatic rings. The third kappa shape index (κ3) is 2.88. The summed E-state index contributed by atoms with van der Waals surface area (Å²) in [7, 11) is 0. The van der Waals surface area contributed by atoms with Gasteiger partial charge < -0.3 is 0 Å². The van der Waals surface area contributed by atoms with Crippen molar-refractivity contribution in [3.05, 3.63) is 34.9 Å². The number of rotatable bonds is 5. The van der Waals surface area contributed by atoms with Crippen LogP contribution in [0.3, 0.4) is 0 Å². The van der Waals surface area contributed by atoms with Gasteiger partial charge in [0, 0.05) is 4.83 Å². The molecule has 1 aliphatic carbocycles.